The van der Waals surface area contributed by atoms with Crippen LogP contribution < -0.4 is 26.2 Å². The average Bonchev–Trinajstić information content (AvgIpc) is 3.89. The zero-order chi connectivity index (χ0) is 48.8. The van der Waals surface area contributed by atoms with Crippen LogP contribution in [0.5, 0.6) is 0 Å². The summed E-state index contributed by atoms with van der Waals surface area (Å²) in [7, 11) is 0. The summed E-state index contributed by atoms with van der Waals surface area (Å²) in [5, 5.41) is 4.82. The van der Waals surface area contributed by atoms with Crippen LogP contribution in [0.15, 0.2) is 174 Å². The van der Waals surface area contributed by atoms with Crippen LogP contribution in [0.1, 0.15) is 74.9 Å². The maximum absolute atomic E-state index is 6.63. The highest BCUT2D eigenvalue weighted by Crippen LogP contribution is 2.50. The molecule has 0 fully saturated rings. The molecule has 0 unspecified atom stereocenters. The molecule has 5 heteroatoms. The summed E-state index contributed by atoms with van der Waals surface area (Å²) < 4.78 is 9.16. The molecule has 9 aromatic carbocycles. The smallest absolute Gasteiger partial charge is 0.252 e. The fourth-order valence-corrected chi connectivity index (χ4v) is 12.3. The predicted octanol–water partition coefficient (Wildman–Crippen LogP) is 16.3. The van der Waals surface area contributed by atoms with E-state index in [0.29, 0.717) is 0 Å². The van der Waals surface area contributed by atoms with E-state index in [2.05, 4.69) is 253 Å². The lowest BCUT2D eigenvalue weighted by Crippen LogP contribution is -2.61. The van der Waals surface area contributed by atoms with E-state index >= 15 is 0 Å². The van der Waals surface area contributed by atoms with Gasteiger partial charge in [0.2, 0.25) is 0 Å². The van der Waals surface area contributed by atoms with Crippen molar-refractivity contribution in [3.8, 4) is 16.8 Å². The second-order valence-corrected chi connectivity index (χ2v) is 22.4. The Kier molecular flexibility index (Phi) is 9.37. The van der Waals surface area contributed by atoms with Gasteiger partial charge in [-0.05, 0) is 155 Å². The van der Waals surface area contributed by atoms with Crippen LogP contribution in [0.3, 0.4) is 0 Å². The zero-order valence-electron chi connectivity index (χ0n) is 42.5. The standard InChI is InChI=1S/C66H58BN3O/c1-39-20-18-21-40(2)62(39)69-54-28-16-14-24-48(54)51-37-53-57(38-56(51)69)68(46-22-12-11-13-23-46)58-35-45(66(8,9)10)36-59-61(58)67(53)52-34-44(65(5,6)7)30-31-55(52)70(59)63-41(3)32-43(33-42(63)4)47-26-19-27-50-49-25-15-17-29-60(49)71-64(47)50/h11-38H,1-10H3. The van der Waals surface area contributed by atoms with Crippen molar-refractivity contribution in [2.45, 2.75) is 80.1 Å². The first-order valence-electron chi connectivity index (χ1n) is 25.3. The van der Waals surface area contributed by atoms with Crippen LogP contribution in [-0.2, 0) is 10.8 Å². The minimum Gasteiger partial charge on any atom is -0.455 e. The van der Waals surface area contributed by atoms with Crippen LogP contribution in [0, 0.1) is 27.7 Å². The lowest BCUT2D eigenvalue weighted by molar-refractivity contribution is 0.590. The zero-order valence-corrected chi connectivity index (χ0v) is 42.5. The average molecular weight is 920 g/mol. The number of fused-ring (bicyclic) bond motifs is 10. The maximum atomic E-state index is 6.63. The van der Waals surface area contributed by atoms with Crippen LogP contribution in [-0.4, -0.2) is 11.3 Å². The largest absolute Gasteiger partial charge is 0.455 e. The van der Waals surface area contributed by atoms with Crippen LogP contribution in [0.4, 0.5) is 34.1 Å². The second-order valence-electron chi connectivity index (χ2n) is 22.4. The van der Waals surface area contributed by atoms with Crippen molar-refractivity contribution in [3.63, 3.8) is 0 Å². The molecule has 346 valence electrons. The van der Waals surface area contributed by atoms with Gasteiger partial charge in [0.1, 0.15) is 11.2 Å². The fraction of sp³-hybridized carbons (Fsp3) is 0.182. The van der Waals surface area contributed by atoms with E-state index in [1.54, 1.807) is 0 Å². The SMILES string of the molecule is Cc1cc(-c2cccc3c2oc2ccccc23)cc(C)c1N1c2ccc(C(C)(C)C)cc2B2c3cc4c5ccccc5n(-c5c(C)cccc5C)c4cc3N(c3ccccc3)c3cc(C(C)(C)C)cc1c32. The highest BCUT2D eigenvalue weighted by atomic mass is 16.3. The number of para-hydroxylation sites is 5. The Hall–Kier alpha value is -7.76. The lowest BCUT2D eigenvalue weighted by atomic mass is 9.33. The Bertz CT molecular complexity index is 3980. The maximum Gasteiger partial charge on any atom is 0.252 e. The molecule has 13 rings (SSSR count). The Balaban J connectivity index is 1.13. The van der Waals surface area contributed by atoms with Gasteiger partial charge in [0.25, 0.3) is 6.71 Å². The third kappa shape index (κ3) is 6.44. The first-order valence-corrected chi connectivity index (χ1v) is 25.3. The summed E-state index contributed by atoms with van der Waals surface area (Å²) in [5.74, 6) is 0. The van der Waals surface area contributed by atoms with Crippen molar-refractivity contribution in [3.05, 3.63) is 203 Å². The topological polar surface area (TPSA) is 24.6 Å². The number of aromatic nitrogens is 1. The Morgan fingerprint density at radius 3 is 1.76 bits per heavy atom. The molecule has 4 nitrogen and oxygen atoms in total. The highest BCUT2D eigenvalue weighted by molar-refractivity contribution is 7.00. The summed E-state index contributed by atoms with van der Waals surface area (Å²) in [6.45, 7) is 23.2. The van der Waals surface area contributed by atoms with Crippen molar-refractivity contribution in [2.75, 3.05) is 9.80 Å². The Morgan fingerprint density at radius 2 is 1.04 bits per heavy atom. The number of rotatable bonds is 4. The van der Waals surface area contributed by atoms with E-state index in [1.807, 2.05) is 0 Å². The van der Waals surface area contributed by atoms with E-state index in [1.165, 1.54) is 106 Å². The van der Waals surface area contributed by atoms with E-state index in [-0.39, 0.29) is 17.5 Å². The van der Waals surface area contributed by atoms with Crippen molar-refractivity contribution < 1.29 is 4.42 Å². The number of hydrogen-bond acceptors (Lipinski definition) is 3. The third-order valence-electron chi connectivity index (χ3n) is 15.7. The van der Waals surface area contributed by atoms with Gasteiger partial charge in [-0.1, -0.05) is 151 Å². The normalized spacial score (nSPS) is 13.4. The third-order valence-corrected chi connectivity index (χ3v) is 15.7. The van der Waals surface area contributed by atoms with E-state index < -0.39 is 0 Å². The molecule has 0 saturated heterocycles. The van der Waals surface area contributed by atoms with Gasteiger partial charge in [-0.3, -0.25) is 0 Å². The van der Waals surface area contributed by atoms with Gasteiger partial charge >= 0.3 is 0 Å². The Morgan fingerprint density at radius 1 is 0.423 bits per heavy atom. The number of benzene rings is 9. The van der Waals surface area contributed by atoms with E-state index in [4.69, 9.17) is 4.42 Å². The molecule has 11 aromatic rings. The number of aryl methyl sites for hydroxylation is 4. The van der Waals surface area contributed by atoms with Crippen molar-refractivity contribution in [1.29, 1.82) is 0 Å². The quantitative estimate of drug-likeness (QED) is 0.164. The van der Waals surface area contributed by atoms with Gasteiger partial charge in [-0.25, -0.2) is 0 Å². The van der Waals surface area contributed by atoms with Crippen LogP contribution in [0.2, 0.25) is 0 Å². The number of anilines is 6. The summed E-state index contributed by atoms with van der Waals surface area (Å²) in [4.78, 5) is 5.21. The number of nitrogens with zero attached hydrogens (tertiary/aromatic N) is 3. The van der Waals surface area contributed by atoms with Crippen molar-refractivity contribution in [2.24, 2.45) is 0 Å². The molecule has 0 spiro atoms. The first kappa shape index (κ1) is 43.3. The lowest BCUT2D eigenvalue weighted by Gasteiger charge is -2.46. The minimum atomic E-state index is -0.149. The molecular formula is C66H58BN3O. The van der Waals surface area contributed by atoms with E-state index in [0.717, 1.165) is 38.8 Å². The van der Waals surface area contributed by atoms with Gasteiger partial charge in [-0.2, -0.15) is 0 Å². The molecule has 0 aliphatic carbocycles. The molecule has 0 amide bonds. The molecule has 2 aliphatic heterocycles. The summed E-state index contributed by atoms with van der Waals surface area (Å²) >= 11 is 0. The van der Waals surface area contributed by atoms with Crippen LogP contribution in [0.25, 0.3) is 60.6 Å². The van der Waals surface area contributed by atoms with E-state index in [9.17, 15) is 0 Å². The molecule has 4 heterocycles. The molecule has 0 atom stereocenters. The first-order chi connectivity index (χ1) is 34.2. The summed E-state index contributed by atoms with van der Waals surface area (Å²) in [6, 6.07) is 63.9. The number of hydrogen-bond donors (Lipinski definition) is 0. The molecule has 0 saturated carbocycles. The van der Waals surface area contributed by atoms with Gasteiger partial charge in [0, 0.05) is 55.5 Å². The molecule has 0 radical (unpaired) electrons. The highest BCUT2D eigenvalue weighted by Gasteiger charge is 2.45. The fourth-order valence-electron chi connectivity index (χ4n) is 12.3. The molecule has 0 N–H and O–H groups in total. The molecule has 2 aliphatic rings. The second kappa shape index (κ2) is 15.4. The van der Waals surface area contributed by atoms with Crippen LogP contribution >= 0.6 is 0 Å². The van der Waals surface area contributed by atoms with Crippen molar-refractivity contribution in [1.82, 2.24) is 4.57 Å². The molecular weight excluding hydrogens is 862 g/mol. The van der Waals surface area contributed by atoms with Gasteiger partial charge in [0.05, 0.1) is 22.4 Å². The minimum absolute atomic E-state index is 0.0465. The predicted molar refractivity (Wildman–Crippen MR) is 304 cm³/mol. The molecule has 2 aromatic heterocycles. The van der Waals surface area contributed by atoms with Gasteiger partial charge in [-0.15, -0.1) is 0 Å². The van der Waals surface area contributed by atoms with Crippen molar-refractivity contribution >= 4 is 101 Å². The number of furan rings is 1. The molecule has 71 heavy (non-hydrogen) atoms. The summed E-state index contributed by atoms with van der Waals surface area (Å²) in [6.07, 6.45) is 0. The Labute approximate surface area is 417 Å². The van der Waals surface area contributed by atoms with Gasteiger partial charge in [0.15, 0.2) is 0 Å². The monoisotopic (exact) mass is 919 g/mol. The van der Waals surface area contributed by atoms with Gasteiger partial charge < -0.3 is 18.8 Å². The summed E-state index contributed by atoms with van der Waals surface area (Å²) in [5.41, 5.74) is 26.4. The molecule has 0 bridgehead atoms.